The molecule has 0 aliphatic carbocycles. The van der Waals surface area contributed by atoms with Gasteiger partial charge in [-0.15, -0.1) is 0 Å². The van der Waals surface area contributed by atoms with E-state index in [0.29, 0.717) is 5.15 Å². The van der Waals surface area contributed by atoms with Crippen molar-refractivity contribution in [1.29, 1.82) is 0 Å². The minimum Gasteiger partial charge on any atom is -0.369 e. The third-order valence-corrected chi connectivity index (χ3v) is 4.15. The Balaban J connectivity index is 1.58. The van der Waals surface area contributed by atoms with Gasteiger partial charge in [-0.25, -0.2) is 4.98 Å². The van der Waals surface area contributed by atoms with Crippen molar-refractivity contribution in [2.75, 3.05) is 31.1 Å². The van der Waals surface area contributed by atoms with E-state index in [0.717, 1.165) is 43.4 Å². The summed E-state index contributed by atoms with van der Waals surface area (Å²) in [4.78, 5) is 9.12. The van der Waals surface area contributed by atoms with Crippen LogP contribution in [0, 0.1) is 0 Å². The van der Waals surface area contributed by atoms with E-state index < -0.39 is 0 Å². The third kappa shape index (κ3) is 3.88. The Morgan fingerprint density at radius 1 is 0.952 bits per heavy atom. The van der Waals surface area contributed by atoms with Crippen molar-refractivity contribution in [2.24, 2.45) is 0 Å². The second-order valence-electron chi connectivity index (χ2n) is 5.19. The number of hydrogen-bond acceptors (Lipinski definition) is 3. The molecule has 2 heterocycles. The zero-order valence-electron chi connectivity index (χ0n) is 11.7. The molecule has 0 saturated carbocycles. The molecule has 0 radical (unpaired) electrons. The van der Waals surface area contributed by atoms with Crippen LogP contribution in [-0.2, 0) is 6.54 Å². The lowest BCUT2D eigenvalue weighted by atomic mass is 10.2. The Kier molecular flexibility index (Phi) is 4.63. The van der Waals surface area contributed by atoms with Gasteiger partial charge in [0.15, 0.2) is 0 Å². The number of rotatable bonds is 3. The van der Waals surface area contributed by atoms with Gasteiger partial charge in [0, 0.05) is 43.4 Å². The van der Waals surface area contributed by atoms with Gasteiger partial charge in [0.05, 0.1) is 5.69 Å². The molecule has 1 aliphatic heterocycles. The van der Waals surface area contributed by atoms with Crippen molar-refractivity contribution in [1.82, 2.24) is 9.88 Å². The highest BCUT2D eigenvalue weighted by Gasteiger charge is 2.17. The van der Waals surface area contributed by atoms with Crippen LogP contribution in [0.25, 0.3) is 0 Å². The summed E-state index contributed by atoms with van der Waals surface area (Å²) in [6.45, 7) is 4.88. The van der Waals surface area contributed by atoms with Crippen molar-refractivity contribution in [3.8, 4) is 0 Å². The van der Waals surface area contributed by atoms with Crippen molar-refractivity contribution >= 4 is 28.9 Å². The first-order valence-corrected chi connectivity index (χ1v) is 7.80. The van der Waals surface area contributed by atoms with Crippen LogP contribution in [0.4, 0.5) is 5.69 Å². The summed E-state index contributed by atoms with van der Waals surface area (Å²) in [5, 5.41) is 1.35. The fourth-order valence-corrected chi connectivity index (χ4v) is 2.97. The number of nitrogens with zero attached hydrogens (tertiary/aromatic N) is 3. The Bertz CT molecular complexity index is 610. The number of pyridine rings is 1. The van der Waals surface area contributed by atoms with Crippen LogP contribution in [0.1, 0.15) is 5.69 Å². The van der Waals surface area contributed by atoms with Crippen molar-refractivity contribution in [3.63, 3.8) is 0 Å². The molecule has 110 valence electrons. The molecular weight excluding hydrogens is 305 g/mol. The zero-order valence-corrected chi connectivity index (χ0v) is 13.2. The number of halogens is 2. The summed E-state index contributed by atoms with van der Waals surface area (Å²) in [7, 11) is 0. The van der Waals surface area contributed by atoms with Crippen LogP contribution >= 0.6 is 23.2 Å². The Labute approximate surface area is 135 Å². The van der Waals surface area contributed by atoms with E-state index >= 15 is 0 Å². The summed E-state index contributed by atoms with van der Waals surface area (Å²) in [6, 6.07) is 13.8. The quantitative estimate of drug-likeness (QED) is 0.803. The normalized spacial score (nSPS) is 16.2. The first kappa shape index (κ1) is 14.6. The van der Waals surface area contributed by atoms with E-state index in [4.69, 9.17) is 23.2 Å². The average Bonchev–Trinajstić information content (AvgIpc) is 2.48. The zero-order chi connectivity index (χ0) is 14.7. The fourth-order valence-electron chi connectivity index (χ4n) is 2.60. The Hall–Kier alpha value is -1.29. The summed E-state index contributed by atoms with van der Waals surface area (Å²) < 4.78 is 0. The molecule has 0 amide bonds. The molecular formula is C16H17Cl2N3. The fraction of sp³-hybridized carbons (Fsp3) is 0.312. The van der Waals surface area contributed by atoms with Crippen molar-refractivity contribution in [3.05, 3.63) is 58.3 Å². The number of aromatic nitrogens is 1. The lowest BCUT2D eigenvalue weighted by molar-refractivity contribution is 0.247. The van der Waals surface area contributed by atoms with Crippen LogP contribution in [0.2, 0.25) is 10.2 Å². The Morgan fingerprint density at radius 3 is 2.43 bits per heavy atom. The molecule has 1 aromatic carbocycles. The van der Waals surface area contributed by atoms with Gasteiger partial charge in [0.25, 0.3) is 0 Å². The minimum atomic E-state index is 0.560. The second-order valence-corrected chi connectivity index (χ2v) is 6.02. The predicted molar refractivity (Wildman–Crippen MR) is 88.2 cm³/mol. The van der Waals surface area contributed by atoms with Crippen molar-refractivity contribution < 1.29 is 0 Å². The lowest BCUT2D eigenvalue weighted by Crippen LogP contribution is -2.46. The van der Waals surface area contributed by atoms with E-state index in [1.807, 2.05) is 36.4 Å². The molecule has 21 heavy (non-hydrogen) atoms. The molecule has 3 rings (SSSR count). The SMILES string of the molecule is Clc1cccc(N2CCN(Cc3cccc(Cl)n3)CC2)c1. The summed E-state index contributed by atoms with van der Waals surface area (Å²) >= 11 is 12.0. The largest absolute Gasteiger partial charge is 0.369 e. The van der Waals surface area contributed by atoms with E-state index in [1.165, 1.54) is 5.69 Å². The number of hydrogen-bond donors (Lipinski definition) is 0. The monoisotopic (exact) mass is 321 g/mol. The molecule has 3 nitrogen and oxygen atoms in total. The summed E-state index contributed by atoms with van der Waals surface area (Å²) in [5.41, 5.74) is 2.22. The highest BCUT2D eigenvalue weighted by atomic mass is 35.5. The van der Waals surface area contributed by atoms with Crippen LogP contribution in [0.5, 0.6) is 0 Å². The molecule has 0 bridgehead atoms. The van der Waals surface area contributed by atoms with Crippen LogP contribution in [0.3, 0.4) is 0 Å². The maximum Gasteiger partial charge on any atom is 0.129 e. The number of anilines is 1. The van der Waals surface area contributed by atoms with Gasteiger partial charge in [-0.2, -0.15) is 0 Å². The van der Waals surface area contributed by atoms with Crippen LogP contribution in [-0.4, -0.2) is 36.1 Å². The third-order valence-electron chi connectivity index (χ3n) is 3.70. The van der Waals surface area contributed by atoms with Gasteiger partial charge in [-0.05, 0) is 30.3 Å². The molecule has 5 heteroatoms. The predicted octanol–water partition coefficient (Wildman–Crippen LogP) is 3.71. The number of benzene rings is 1. The van der Waals surface area contributed by atoms with E-state index in [1.54, 1.807) is 0 Å². The van der Waals surface area contributed by atoms with Gasteiger partial charge in [0.1, 0.15) is 5.15 Å². The minimum absolute atomic E-state index is 0.560. The van der Waals surface area contributed by atoms with E-state index in [2.05, 4.69) is 20.9 Å². The van der Waals surface area contributed by atoms with E-state index in [9.17, 15) is 0 Å². The first-order chi connectivity index (χ1) is 10.2. The molecule has 1 aromatic heterocycles. The topological polar surface area (TPSA) is 19.4 Å². The second kappa shape index (κ2) is 6.65. The molecule has 0 unspecified atom stereocenters. The smallest absolute Gasteiger partial charge is 0.129 e. The molecule has 1 aliphatic rings. The van der Waals surface area contributed by atoms with Gasteiger partial charge in [0.2, 0.25) is 0 Å². The highest BCUT2D eigenvalue weighted by molar-refractivity contribution is 6.30. The van der Waals surface area contributed by atoms with Crippen molar-refractivity contribution in [2.45, 2.75) is 6.54 Å². The summed E-state index contributed by atoms with van der Waals surface area (Å²) in [5.74, 6) is 0. The van der Waals surface area contributed by atoms with Crippen LogP contribution in [0.15, 0.2) is 42.5 Å². The van der Waals surface area contributed by atoms with Gasteiger partial charge in [-0.1, -0.05) is 35.3 Å². The van der Waals surface area contributed by atoms with Crippen LogP contribution < -0.4 is 4.90 Å². The first-order valence-electron chi connectivity index (χ1n) is 7.05. The van der Waals surface area contributed by atoms with Gasteiger partial charge in [-0.3, -0.25) is 4.90 Å². The van der Waals surface area contributed by atoms with E-state index in [-0.39, 0.29) is 0 Å². The molecule has 1 saturated heterocycles. The lowest BCUT2D eigenvalue weighted by Gasteiger charge is -2.36. The molecule has 1 fully saturated rings. The maximum absolute atomic E-state index is 6.06. The van der Waals surface area contributed by atoms with Gasteiger partial charge < -0.3 is 4.90 Å². The average molecular weight is 322 g/mol. The molecule has 0 spiro atoms. The molecule has 0 N–H and O–H groups in total. The molecule has 2 aromatic rings. The highest BCUT2D eigenvalue weighted by Crippen LogP contribution is 2.21. The maximum atomic E-state index is 6.06. The standard InChI is InChI=1S/C16H17Cl2N3/c17-13-3-1-5-15(11-13)21-9-7-20(8-10-21)12-14-4-2-6-16(18)19-14/h1-6,11H,7-10,12H2. The number of piperazine rings is 1. The molecule has 0 atom stereocenters. The summed E-state index contributed by atoms with van der Waals surface area (Å²) in [6.07, 6.45) is 0. The van der Waals surface area contributed by atoms with Gasteiger partial charge >= 0.3 is 0 Å². The Morgan fingerprint density at radius 2 is 1.71 bits per heavy atom.